The molecule has 0 radical (unpaired) electrons. The zero-order valence-electron chi connectivity index (χ0n) is 11.4. The molecule has 0 bridgehead atoms. The Labute approximate surface area is 133 Å². The summed E-state index contributed by atoms with van der Waals surface area (Å²) < 4.78 is 11.5. The van der Waals surface area contributed by atoms with Crippen molar-refractivity contribution in [1.29, 1.82) is 0 Å². The lowest BCUT2D eigenvalue weighted by molar-refractivity contribution is 0.652. The van der Waals surface area contributed by atoms with Crippen molar-refractivity contribution >= 4 is 37.3 Å². The van der Waals surface area contributed by atoms with Crippen LogP contribution in [0.2, 0.25) is 0 Å². The maximum atomic E-state index is 9.67. The average molecular weight is 325 g/mol. The summed E-state index contributed by atoms with van der Waals surface area (Å²) in [6.45, 7) is 0. The van der Waals surface area contributed by atoms with Crippen molar-refractivity contribution in [2.75, 3.05) is 0 Å². The highest BCUT2D eigenvalue weighted by atomic mass is 32.8. The van der Waals surface area contributed by atoms with Crippen LogP contribution in [0.1, 0.15) is 0 Å². The predicted octanol–water partition coefficient (Wildman–Crippen LogP) is 3.46. The monoisotopic (exact) mass is 325 g/mol. The van der Waals surface area contributed by atoms with Gasteiger partial charge in [-0.1, -0.05) is 36.4 Å². The van der Waals surface area contributed by atoms with E-state index in [1.807, 2.05) is 28.8 Å². The highest BCUT2D eigenvalue weighted by Crippen LogP contribution is 2.25. The van der Waals surface area contributed by atoms with Crippen LogP contribution < -0.4 is 0 Å². The van der Waals surface area contributed by atoms with Gasteiger partial charge in [0, 0.05) is 24.2 Å². The molecule has 0 amide bonds. The van der Waals surface area contributed by atoms with E-state index >= 15 is 0 Å². The van der Waals surface area contributed by atoms with E-state index in [2.05, 4.69) is 34.2 Å². The smallest absolute Gasteiger partial charge is 0.172 e. The van der Waals surface area contributed by atoms with Crippen LogP contribution in [-0.2, 0) is 20.9 Å². The number of aromatic nitrogens is 3. The summed E-state index contributed by atoms with van der Waals surface area (Å²) in [5.41, 5.74) is 2.46. The summed E-state index contributed by atoms with van der Waals surface area (Å²) in [4.78, 5) is 8.73. The summed E-state index contributed by atoms with van der Waals surface area (Å²) in [7, 11) is -1.33. The van der Waals surface area contributed by atoms with E-state index in [1.54, 1.807) is 12.4 Å². The molecule has 0 aliphatic carbocycles. The second-order valence-electron chi connectivity index (χ2n) is 4.90. The minimum Gasteiger partial charge on any atom is -0.322 e. The van der Waals surface area contributed by atoms with Gasteiger partial charge in [-0.2, -0.15) is 0 Å². The first kappa shape index (κ1) is 13.5. The van der Waals surface area contributed by atoms with Crippen molar-refractivity contribution in [2.24, 2.45) is 0 Å². The number of nitrogens with zero attached hydrogens (tertiary/aromatic N) is 3. The topological polar surface area (TPSA) is 50.4 Å². The third-order valence-corrected chi connectivity index (χ3v) is 4.65. The molecule has 4 aromatic rings. The molecule has 0 saturated carbocycles. The Morgan fingerprint density at radius 3 is 2.73 bits per heavy atom. The normalized spacial score (nSPS) is 12.8. The van der Waals surface area contributed by atoms with Gasteiger partial charge in [0.05, 0.1) is 15.4 Å². The maximum absolute atomic E-state index is 9.67. The van der Waals surface area contributed by atoms with E-state index in [4.69, 9.17) is 11.2 Å². The minimum absolute atomic E-state index is 0.435. The molecule has 0 spiro atoms. The summed E-state index contributed by atoms with van der Waals surface area (Å²) in [5.74, 6) is 0. The lowest BCUT2D eigenvalue weighted by Crippen LogP contribution is -1.96. The fraction of sp³-hybridized carbons (Fsp3) is 0. The Bertz CT molecular complexity index is 1030. The van der Waals surface area contributed by atoms with Crippen molar-refractivity contribution in [3.8, 4) is 11.3 Å². The molecule has 4 nitrogen and oxygen atoms in total. The lowest BCUT2D eigenvalue weighted by Gasteiger charge is -2.00. The molecule has 6 heteroatoms. The summed E-state index contributed by atoms with van der Waals surface area (Å²) in [6, 6.07) is 14.4. The van der Waals surface area contributed by atoms with Crippen LogP contribution in [0.15, 0.2) is 66.1 Å². The molecule has 0 aliphatic heterocycles. The van der Waals surface area contributed by atoms with Gasteiger partial charge in [0.15, 0.2) is 10.7 Å². The van der Waals surface area contributed by atoms with Crippen molar-refractivity contribution < 1.29 is 4.55 Å². The van der Waals surface area contributed by atoms with Crippen LogP contribution in [0, 0.1) is 0 Å². The largest absolute Gasteiger partial charge is 0.322 e. The third kappa shape index (κ3) is 2.21. The number of hydrogen-bond acceptors (Lipinski definition) is 3. The number of rotatable bonds is 2. The molecule has 4 rings (SSSR count). The minimum atomic E-state index is -1.33. The van der Waals surface area contributed by atoms with Crippen LogP contribution in [0.25, 0.3) is 27.7 Å². The molecular weight excluding hydrogens is 314 g/mol. The van der Waals surface area contributed by atoms with E-state index in [0.717, 1.165) is 11.3 Å². The summed E-state index contributed by atoms with van der Waals surface area (Å²) in [5, 5.41) is 2.80. The third-order valence-electron chi connectivity index (χ3n) is 3.55. The van der Waals surface area contributed by atoms with Gasteiger partial charge in [-0.05, 0) is 28.0 Å². The molecule has 1 atom stereocenters. The van der Waals surface area contributed by atoms with Gasteiger partial charge in [0.25, 0.3) is 0 Å². The van der Waals surface area contributed by atoms with Crippen LogP contribution >= 0.6 is 0 Å². The fourth-order valence-electron chi connectivity index (χ4n) is 2.51. The van der Waals surface area contributed by atoms with Crippen molar-refractivity contribution in [3.05, 3.63) is 61.1 Å². The van der Waals surface area contributed by atoms with Gasteiger partial charge < -0.3 is 8.95 Å². The number of fused-ring (bicyclic) bond motifs is 2. The molecule has 1 unspecified atom stereocenters. The average Bonchev–Trinajstić information content (AvgIpc) is 2.98. The van der Waals surface area contributed by atoms with Crippen LogP contribution in [-0.4, -0.2) is 18.9 Å². The molecule has 0 aliphatic rings. The van der Waals surface area contributed by atoms with Gasteiger partial charge in [-0.15, -0.1) is 0 Å². The van der Waals surface area contributed by atoms with Crippen LogP contribution in [0.3, 0.4) is 0 Å². The maximum Gasteiger partial charge on any atom is 0.172 e. The second kappa shape index (κ2) is 5.24. The molecular formula is C16H11N3OS2. The molecule has 2 aromatic carbocycles. The first-order chi connectivity index (χ1) is 10.7. The van der Waals surface area contributed by atoms with Crippen molar-refractivity contribution in [1.82, 2.24) is 14.4 Å². The predicted molar refractivity (Wildman–Crippen MR) is 91.6 cm³/mol. The second-order valence-corrected chi connectivity index (χ2v) is 6.73. The standard InChI is InChI=1S/C16H11N3OS2/c20-22(21)16-15-18-14(10-19(15)8-7-17-16)13-6-5-11-3-1-2-4-12(11)9-13/h1-10H,(H,20,21). The van der Waals surface area contributed by atoms with Crippen molar-refractivity contribution in [2.45, 2.75) is 5.03 Å². The van der Waals surface area contributed by atoms with E-state index in [-0.39, 0.29) is 0 Å². The zero-order valence-corrected chi connectivity index (χ0v) is 13.0. The Hall–Kier alpha value is -2.15. The molecule has 108 valence electrons. The molecule has 2 aromatic heterocycles. The van der Waals surface area contributed by atoms with Gasteiger partial charge in [-0.3, -0.25) is 0 Å². The highest BCUT2D eigenvalue weighted by molar-refractivity contribution is 8.25. The van der Waals surface area contributed by atoms with Gasteiger partial charge >= 0.3 is 0 Å². The first-order valence-electron chi connectivity index (χ1n) is 6.66. The summed E-state index contributed by atoms with van der Waals surface area (Å²) >= 11 is 4.93. The Morgan fingerprint density at radius 2 is 1.91 bits per heavy atom. The van der Waals surface area contributed by atoms with Crippen LogP contribution in [0.5, 0.6) is 0 Å². The number of benzene rings is 2. The first-order valence-corrected chi connectivity index (χ1v) is 8.77. The van der Waals surface area contributed by atoms with Crippen LogP contribution in [0.4, 0.5) is 0 Å². The van der Waals surface area contributed by atoms with E-state index in [9.17, 15) is 4.55 Å². The molecule has 1 N–H and O–H groups in total. The Kier molecular flexibility index (Phi) is 3.22. The van der Waals surface area contributed by atoms with Crippen molar-refractivity contribution in [3.63, 3.8) is 0 Å². The van der Waals surface area contributed by atoms with Gasteiger partial charge in [0.2, 0.25) is 0 Å². The molecule has 2 heterocycles. The van der Waals surface area contributed by atoms with Gasteiger partial charge in [-0.25, -0.2) is 9.97 Å². The van der Waals surface area contributed by atoms with E-state index in [1.165, 1.54) is 10.8 Å². The zero-order chi connectivity index (χ0) is 15.1. The summed E-state index contributed by atoms with van der Waals surface area (Å²) in [6.07, 6.45) is 5.35. The highest BCUT2D eigenvalue weighted by Gasteiger charge is 2.11. The van der Waals surface area contributed by atoms with Gasteiger partial charge in [0.1, 0.15) is 0 Å². The fourth-order valence-corrected chi connectivity index (χ4v) is 3.32. The Balaban J connectivity index is 1.92. The molecule has 0 fully saturated rings. The lowest BCUT2D eigenvalue weighted by atomic mass is 10.1. The number of imidazole rings is 1. The molecule has 22 heavy (non-hydrogen) atoms. The molecule has 0 saturated heterocycles. The van der Waals surface area contributed by atoms with E-state index < -0.39 is 9.74 Å². The van der Waals surface area contributed by atoms with E-state index in [0.29, 0.717) is 10.7 Å². The quantitative estimate of drug-likeness (QED) is 0.613. The number of hydrogen-bond donors (Lipinski definition) is 1. The SMILES string of the molecule is OS(=S)c1nccn2cc(-c3ccc4ccccc4c3)nc12. The Morgan fingerprint density at radius 1 is 1.09 bits per heavy atom.